The summed E-state index contributed by atoms with van der Waals surface area (Å²) < 4.78 is 0. The lowest BCUT2D eigenvalue weighted by Gasteiger charge is -2.62. The number of nitrogens with one attached hydrogen (secondary N) is 1. The van der Waals surface area contributed by atoms with E-state index in [1.54, 1.807) is 6.20 Å². The maximum absolute atomic E-state index is 11.7. The maximum atomic E-state index is 11.7. The lowest BCUT2D eigenvalue weighted by atomic mass is 9.43. The number of hydrogen-bond acceptors (Lipinski definition) is 5. The first kappa shape index (κ1) is 14.9. The van der Waals surface area contributed by atoms with Crippen LogP contribution in [0.4, 0.5) is 5.95 Å². The average molecular weight is 316 g/mol. The molecule has 4 saturated carbocycles. The lowest BCUT2D eigenvalue weighted by molar-refractivity contribution is -0.105. The van der Waals surface area contributed by atoms with Crippen LogP contribution in [-0.2, 0) is 6.42 Å². The number of hydrogen-bond donors (Lipinski definition) is 3. The highest BCUT2D eigenvalue weighted by Gasteiger charge is 2.56. The van der Waals surface area contributed by atoms with Crippen LogP contribution in [0, 0.1) is 11.3 Å². The van der Waals surface area contributed by atoms with Gasteiger partial charge in [-0.05, 0) is 62.7 Å². The molecular formula is C17H24N4O2. The van der Waals surface area contributed by atoms with Gasteiger partial charge in [-0.3, -0.25) is 4.79 Å². The first-order valence-electron chi connectivity index (χ1n) is 8.63. The van der Waals surface area contributed by atoms with Gasteiger partial charge >= 0.3 is 0 Å². The Morgan fingerprint density at radius 1 is 1.39 bits per heavy atom. The Morgan fingerprint density at radius 3 is 2.78 bits per heavy atom. The minimum absolute atomic E-state index is 0.195. The number of aromatic nitrogens is 2. The van der Waals surface area contributed by atoms with E-state index < -0.39 is 5.91 Å². The zero-order chi connectivity index (χ0) is 16.0. The summed E-state index contributed by atoms with van der Waals surface area (Å²) in [4.78, 5) is 20.5. The van der Waals surface area contributed by atoms with E-state index in [9.17, 15) is 9.90 Å². The molecule has 124 valence electrons. The van der Waals surface area contributed by atoms with E-state index >= 15 is 0 Å². The lowest BCUT2D eigenvalue weighted by Crippen LogP contribution is -2.53. The third-order valence-electron chi connectivity index (χ3n) is 5.82. The molecule has 0 unspecified atom stereocenters. The molecule has 4 fully saturated rings. The molecule has 4 aliphatic carbocycles. The summed E-state index contributed by atoms with van der Waals surface area (Å²) in [5.41, 5.74) is 7.08. The molecule has 0 aliphatic heterocycles. The highest BCUT2D eigenvalue weighted by Crippen LogP contribution is 2.65. The summed E-state index contributed by atoms with van der Waals surface area (Å²) in [5.74, 6) is 0.997. The fourth-order valence-electron chi connectivity index (χ4n) is 4.53. The molecule has 2 bridgehead atoms. The predicted octanol–water partition coefficient (Wildman–Crippen LogP) is 1.63. The van der Waals surface area contributed by atoms with Crippen LogP contribution in [0.15, 0.2) is 6.20 Å². The number of carbonyl (C=O) groups is 1. The standard InChI is InChI=1S/C17H24N4O2/c18-15(23)13-9-19-16(20-11-2-1-3-12(22)4-11)21-14(13)8-17-5-10(6-17)7-17/h9-12,22H,1-8H2,(H2,18,23)(H,19,20,21)/t10?,11-,12-,17?/m0/s1. The van der Waals surface area contributed by atoms with Gasteiger partial charge < -0.3 is 16.2 Å². The molecule has 23 heavy (non-hydrogen) atoms. The summed E-state index contributed by atoms with van der Waals surface area (Å²) in [6, 6.07) is 0.195. The molecular weight excluding hydrogens is 292 g/mol. The van der Waals surface area contributed by atoms with Crippen molar-refractivity contribution in [1.29, 1.82) is 0 Å². The second kappa shape index (κ2) is 5.44. The zero-order valence-electron chi connectivity index (χ0n) is 13.3. The Morgan fingerprint density at radius 2 is 2.17 bits per heavy atom. The Labute approximate surface area is 135 Å². The van der Waals surface area contributed by atoms with Crippen LogP contribution in [-0.4, -0.2) is 33.1 Å². The Bertz CT molecular complexity index is 616. The van der Waals surface area contributed by atoms with Crippen molar-refractivity contribution < 1.29 is 9.90 Å². The number of rotatable bonds is 5. The van der Waals surface area contributed by atoms with Crippen molar-refractivity contribution >= 4 is 11.9 Å². The van der Waals surface area contributed by atoms with Gasteiger partial charge in [-0.2, -0.15) is 0 Å². The number of anilines is 1. The molecule has 0 saturated heterocycles. The van der Waals surface area contributed by atoms with Crippen LogP contribution < -0.4 is 11.1 Å². The van der Waals surface area contributed by atoms with Gasteiger partial charge in [0.25, 0.3) is 5.91 Å². The minimum Gasteiger partial charge on any atom is -0.393 e. The summed E-state index contributed by atoms with van der Waals surface area (Å²) >= 11 is 0. The summed E-state index contributed by atoms with van der Waals surface area (Å²) in [7, 11) is 0. The molecule has 6 nitrogen and oxygen atoms in total. The highest BCUT2D eigenvalue weighted by molar-refractivity contribution is 5.93. The van der Waals surface area contributed by atoms with Crippen LogP contribution >= 0.6 is 0 Å². The van der Waals surface area contributed by atoms with E-state index in [4.69, 9.17) is 5.73 Å². The van der Waals surface area contributed by atoms with Gasteiger partial charge in [-0.25, -0.2) is 9.97 Å². The fraction of sp³-hybridized carbons (Fsp3) is 0.706. The minimum atomic E-state index is -0.453. The number of aliphatic hydroxyl groups is 1. The number of aliphatic hydroxyl groups excluding tert-OH is 1. The van der Waals surface area contributed by atoms with E-state index in [0.717, 1.165) is 43.7 Å². The maximum Gasteiger partial charge on any atom is 0.252 e. The SMILES string of the molecule is NC(=O)c1cnc(N[C@H]2CCC[C@H](O)C2)nc1CC12CC(C1)C2. The Balaban J connectivity index is 1.52. The summed E-state index contributed by atoms with van der Waals surface area (Å²) in [5, 5.41) is 13.1. The van der Waals surface area contributed by atoms with Crippen molar-refractivity contribution in [3.05, 3.63) is 17.5 Å². The van der Waals surface area contributed by atoms with E-state index in [-0.39, 0.29) is 12.1 Å². The van der Waals surface area contributed by atoms with Crippen LogP contribution in [0.1, 0.15) is 61.0 Å². The molecule has 1 aromatic heterocycles. The predicted molar refractivity (Wildman–Crippen MR) is 85.9 cm³/mol. The summed E-state index contributed by atoms with van der Waals surface area (Å²) in [6.45, 7) is 0. The van der Waals surface area contributed by atoms with Crippen molar-refractivity contribution in [3.63, 3.8) is 0 Å². The molecule has 2 atom stereocenters. The molecule has 0 aromatic carbocycles. The van der Waals surface area contributed by atoms with E-state index in [1.165, 1.54) is 19.3 Å². The van der Waals surface area contributed by atoms with Crippen molar-refractivity contribution in [3.8, 4) is 0 Å². The van der Waals surface area contributed by atoms with Gasteiger partial charge in [-0.1, -0.05) is 0 Å². The molecule has 0 radical (unpaired) electrons. The largest absolute Gasteiger partial charge is 0.393 e. The van der Waals surface area contributed by atoms with Gasteiger partial charge in [0.15, 0.2) is 0 Å². The molecule has 1 aromatic rings. The van der Waals surface area contributed by atoms with Crippen molar-refractivity contribution in [2.45, 2.75) is 63.5 Å². The van der Waals surface area contributed by atoms with Gasteiger partial charge in [0, 0.05) is 12.2 Å². The fourth-order valence-corrected chi connectivity index (χ4v) is 4.53. The smallest absolute Gasteiger partial charge is 0.252 e. The summed E-state index contributed by atoms with van der Waals surface area (Å²) in [6.07, 6.45) is 9.52. The van der Waals surface area contributed by atoms with Crippen molar-refractivity contribution in [2.75, 3.05) is 5.32 Å². The average Bonchev–Trinajstić information content (AvgIpc) is 2.41. The number of nitrogens with two attached hydrogens (primary N) is 1. The van der Waals surface area contributed by atoms with E-state index in [2.05, 4.69) is 15.3 Å². The third-order valence-corrected chi connectivity index (χ3v) is 5.82. The molecule has 1 heterocycles. The molecule has 4 N–H and O–H groups in total. The quantitative estimate of drug-likeness (QED) is 0.766. The van der Waals surface area contributed by atoms with Gasteiger partial charge in [0.05, 0.1) is 17.4 Å². The second-order valence-electron chi connectivity index (χ2n) is 7.74. The first-order chi connectivity index (χ1) is 11.0. The normalized spacial score (nSPS) is 35.1. The molecule has 6 heteroatoms. The molecule has 4 aliphatic rings. The second-order valence-corrected chi connectivity index (χ2v) is 7.74. The van der Waals surface area contributed by atoms with E-state index in [0.29, 0.717) is 16.9 Å². The molecule has 5 rings (SSSR count). The van der Waals surface area contributed by atoms with Crippen LogP contribution in [0.25, 0.3) is 0 Å². The number of nitrogens with zero attached hydrogens (tertiary/aromatic N) is 2. The van der Waals surface area contributed by atoms with Crippen LogP contribution in [0.3, 0.4) is 0 Å². The Kier molecular flexibility index (Phi) is 3.52. The van der Waals surface area contributed by atoms with Gasteiger partial charge in [0.2, 0.25) is 5.95 Å². The number of amides is 1. The van der Waals surface area contributed by atoms with E-state index in [1.807, 2.05) is 0 Å². The number of primary amides is 1. The van der Waals surface area contributed by atoms with Crippen LogP contribution in [0.5, 0.6) is 0 Å². The first-order valence-corrected chi connectivity index (χ1v) is 8.63. The molecule has 1 amide bonds. The number of carbonyl (C=O) groups excluding carboxylic acids is 1. The molecule has 0 spiro atoms. The van der Waals surface area contributed by atoms with Crippen LogP contribution in [0.2, 0.25) is 0 Å². The highest BCUT2D eigenvalue weighted by atomic mass is 16.3. The Hall–Kier alpha value is -1.69. The van der Waals surface area contributed by atoms with Gasteiger partial charge in [-0.15, -0.1) is 0 Å². The topological polar surface area (TPSA) is 101 Å². The van der Waals surface area contributed by atoms with Crippen molar-refractivity contribution in [2.24, 2.45) is 17.1 Å². The van der Waals surface area contributed by atoms with Crippen molar-refractivity contribution in [1.82, 2.24) is 9.97 Å². The van der Waals surface area contributed by atoms with Gasteiger partial charge in [0.1, 0.15) is 0 Å². The monoisotopic (exact) mass is 316 g/mol. The zero-order valence-corrected chi connectivity index (χ0v) is 13.3. The third kappa shape index (κ3) is 2.80.